The quantitative estimate of drug-likeness (QED) is 0.0449. The summed E-state index contributed by atoms with van der Waals surface area (Å²) >= 11 is 0. The number of rotatable bonds is 19. The van der Waals surface area contributed by atoms with Crippen LogP contribution in [0.2, 0.25) is 0 Å². The third-order valence-electron chi connectivity index (χ3n) is 10.8. The molecule has 0 saturated heterocycles. The van der Waals surface area contributed by atoms with Crippen LogP contribution in [0.5, 0.6) is 17.2 Å². The Morgan fingerprint density at radius 2 is 0.694 bits per heavy atom. The first-order chi connectivity index (χ1) is 29.3. The van der Waals surface area contributed by atoms with Gasteiger partial charge in [-0.3, -0.25) is 4.55 Å². The molecule has 11 nitrogen and oxygen atoms in total. The molecule has 0 aromatic heterocycles. The number of esters is 4. The van der Waals surface area contributed by atoms with Crippen LogP contribution in [0.1, 0.15) is 91.5 Å². The molecule has 23 heteroatoms. The predicted molar refractivity (Wildman–Crippen MR) is 258 cm³/mol. The molecule has 0 aliphatic rings. The van der Waals surface area contributed by atoms with Crippen molar-refractivity contribution in [1.29, 1.82) is 0 Å². The van der Waals surface area contributed by atoms with E-state index < -0.39 is 68.1 Å². The fraction of sp³-hybridized carbons (Fsp3) is 0.282. The van der Waals surface area contributed by atoms with Crippen molar-refractivity contribution in [2.45, 2.75) is 62.1 Å². The van der Waals surface area contributed by atoms with Gasteiger partial charge >= 0.3 is 39.2 Å². The van der Waals surface area contributed by atoms with E-state index in [1.807, 2.05) is 107 Å². The number of carbonyl (C=O) groups is 4. The summed E-state index contributed by atoms with van der Waals surface area (Å²) in [6.45, 7) is -2.15. The van der Waals surface area contributed by atoms with Crippen LogP contribution < -0.4 is 14.2 Å². The van der Waals surface area contributed by atoms with Crippen molar-refractivity contribution < 1.29 is 59.9 Å². The van der Waals surface area contributed by atoms with Crippen molar-refractivity contribution in [2.24, 2.45) is 0 Å². The van der Waals surface area contributed by atoms with Crippen LogP contribution in [0.3, 0.4) is 0 Å². The smallest absolute Gasteiger partial charge is 0.402 e. The highest BCUT2D eigenvalue weighted by molar-refractivity contribution is 7.86. The molecule has 316 valence electrons. The maximum Gasteiger partial charge on any atom is 0.402 e. The van der Waals surface area contributed by atoms with Gasteiger partial charge < -0.3 is 18.9 Å². The minimum Gasteiger partial charge on any atom is -0.454 e. The van der Waals surface area contributed by atoms with Gasteiger partial charge in [-0.25, -0.2) is 19.2 Å². The first kappa shape index (κ1) is 49.8. The molecule has 0 aliphatic heterocycles. The molecule has 0 amide bonds. The van der Waals surface area contributed by atoms with Crippen LogP contribution in [0, 0.1) is 0 Å². The van der Waals surface area contributed by atoms with E-state index in [9.17, 15) is 36.4 Å². The molecule has 4 aromatic carbocycles. The zero-order valence-corrected chi connectivity index (χ0v) is 37.7. The second kappa shape index (κ2) is 21.5. The van der Waals surface area contributed by atoms with Gasteiger partial charge in [0.05, 0.1) is 22.3 Å². The second-order valence-electron chi connectivity index (χ2n) is 14.7. The van der Waals surface area contributed by atoms with Gasteiger partial charge in [0.15, 0.2) is 6.61 Å². The highest BCUT2D eigenvalue weighted by atomic mass is 32.2. The lowest BCUT2D eigenvalue weighted by Crippen LogP contribution is -2.35. The Balaban J connectivity index is 2.04. The number of hydrogen-bond donors (Lipinski definition) is 1. The van der Waals surface area contributed by atoms with Gasteiger partial charge in [-0.15, -0.1) is 0 Å². The molecule has 0 heterocycles. The Bertz CT molecular complexity index is 2410. The van der Waals surface area contributed by atoms with Gasteiger partial charge in [0.25, 0.3) is 0 Å². The lowest BCUT2D eigenvalue weighted by molar-refractivity contribution is -0.00963. The molecule has 0 saturated carbocycles. The van der Waals surface area contributed by atoms with Crippen LogP contribution in [0.25, 0.3) is 0 Å². The minimum absolute atomic E-state index is 0.174. The highest BCUT2D eigenvalue weighted by Gasteiger charge is 2.46. The number of alkyl halides is 2. The zero-order valence-electron chi connectivity index (χ0n) is 36.9. The highest BCUT2D eigenvalue weighted by Crippen LogP contribution is 2.33. The van der Waals surface area contributed by atoms with Crippen molar-refractivity contribution in [1.82, 2.24) is 0 Å². The van der Waals surface area contributed by atoms with Crippen LogP contribution in [0.15, 0.2) is 48.5 Å². The Labute approximate surface area is 370 Å². The van der Waals surface area contributed by atoms with Crippen molar-refractivity contribution in [3.63, 3.8) is 0 Å². The topological polar surface area (TPSA) is 160 Å². The van der Waals surface area contributed by atoms with Crippen molar-refractivity contribution in [2.75, 3.05) is 6.61 Å². The van der Waals surface area contributed by atoms with E-state index in [0.717, 1.165) is 28.8 Å². The summed E-state index contributed by atoms with van der Waals surface area (Å²) in [5, 5.41) is -4.94. The van der Waals surface area contributed by atoms with Crippen LogP contribution in [-0.2, 0) is 71.7 Å². The lowest BCUT2D eigenvalue weighted by atomic mass is 9.85. The first-order valence-electron chi connectivity index (χ1n) is 21.2. The van der Waals surface area contributed by atoms with E-state index in [1.165, 1.54) is 0 Å². The molecule has 4 rings (SSSR count). The molecule has 0 radical (unpaired) electrons. The Morgan fingerprint density at radius 3 is 0.903 bits per heavy atom. The van der Waals surface area contributed by atoms with Gasteiger partial charge in [-0.1, -0.05) is 110 Å². The summed E-state index contributed by atoms with van der Waals surface area (Å²) in [7, 11) is 11.1. The standard InChI is InChI=1S/C39H47B9F2O11S/c40-9-19-1-22(12-43)32(23(2-19)13-44)59-36(52)29-8-31(38(54)61-34-26(16-47)5-21(11-42)6-27(34)17-48)30(7-28(29)35(51)58-18-39(49,50)62(55,56)57)37(53)60-33-24(14-45)3-20(10-41)4-25(33)15-46/h1-8H,9-18,40-48H2,(H,55,56,57). The van der Waals surface area contributed by atoms with Crippen molar-refractivity contribution in [3.05, 3.63) is 121 Å². The van der Waals surface area contributed by atoms with Crippen LogP contribution >= 0.6 is 0 Å². The minimum atomic E-state index is -6.04. The van der Waals surface area contributed by atoms with E-state index in [2.05, 4.69) is 0 Å². The molecule has 1 N–H and O–H groups in total. The third kappa shape index (κ3) is 11.2. The van der Waals surface area contributed by atoms with E-state index >= 15 is 0 Å². The number of ether oxygens (including phenoxy) is 4. The summed E-state index contributed by atoms with van der Waals surface area (Å²) < 4.78 is 83.6. The fourth-order valence-corrected chi connectivity index (χ4v) is 7.29. The van der Waals surface area contributed by atoms with Gasteiger partial charge in [0.2, 0.25) is 0 Å². The summed E-state index contributed by atoms with van der Waals surface area (Å²) in [5.41, 5.74) is 4.36. The number of benzene rings is 4. The molecule has 4 aromatic rings. The Hall–Kier alpha value is -4.89. The molecule has 0 fully saturated rings. The van der Waals surface area contributed by atoms with Gasteiger partial charge in [0.1, 0.15) is 87.9 Å². The molecular formula is C39H47B9F2O11S. The predicted octanol–water partition coefficient (Wildman–Crippen LogP) is -2.82. The largest absolute Gasteiger partial charge is 0.454 e. The fourth-order valence-electron chi connectivity index (χ4n) is 7.08. The summed E-state index contributed by atoms with van der Waals surface area (Å²) in [4.78, 5) is 57.3. The van der Waals surface area contributed by atoms with Gasteiger partial charge in [-0.2, -0.15) is 17.2 Å². The van der Waals surface area contributed by atoms with E-state index in [4.69, 9.17) is 23.5 Å². The maximum absolute atomic E-state index is 14.6. The summed E-state index contributed by atoms with van der Waals surface area (Å²) in [6.07, 6.45) is 4.81. The average molecular weight is 859 g/mol. The number of hydrogen-bond acceptors (Lipinski definition) is 10. The number of carbonyl (C=O) groups excluding carboxylic acids is 4. The summed E-state index contributed by atoms with van der Waals surface area (Å²) in [5.74, 6) is -4.57. The van der Waals surface area contributed by atoms with E-state index in [0.29, 0.717) is 90.3 Å². The third-order valence-corrected chi connectivity index (χ3v) is 11.7. The molecule has 0 atom stereocenters. The molecule has 62 heavy (non-hydrogen) atoms. The molecule has 0 spiro atoms. The normalized spacial score (nSPS) is 11.5. The Kier molecular flexibility index (Phi) is 17.2. The molecular weight excluding hydrogens is 812 g/mol. The van der Waals surface area contributed by atoms with E-state index in [1.54, 1.807) is 0 Å². The molecule has 0 bridgehead atoms. The van der Waals surface area contributed by atoms with Gasteiger partial charge in [0, 0.05) is 0 Å². The first-order valence-corrected chi connectivity index (χ1v) is 22.6. The Morgan fingerprint density at radius 1 is 0.452 bits per heavy atom. The van der Waals surface area contributed by atoms with Crippen LogP contribution in [0.4, 0.5) is 8.78 Å². The zero-order chi connectivity index (χ0) is 46.1. The SMILES string of the molecule is BCc1cc(CB)c(OC(=O)c2cc(C(=O)Oc3c(CB)cc(CB)cc3CB)c(C(=O)Oc3c(CB)cc(CB)cc3CB)cc2C(=O)OCC(F)(F)S(=O)(=O)O)c(CB)c1. The summed E-state index contributed by atoms with van der Waals surface area (Å²) in [6, 6.07) is 13.0. The van der Waals surface area contributed by atoms with Crippen molar-refractivity contribution in [3.8, 4) is 17.2 Å². The van der Waals surface area contributed by atoms with Crippen LogP contribution in [-0.4, -0.2) is 119 Å². The maximum atomic E-state index is 14.6. The molecule has 0 aliphatic carbocycles. The van der Waals surface area contributed by atoms with Gasteiger partial charge in [-0.05, 0) is 45.5 Å². The average Bonchev–Trinajstić information content (AvgIpc) is 3.26. The number of halogens is 2. The monoisotopic (exact) mass is 860 g/mol. The lowest BCUT2D eigenvalue weighted by Gasteiger charge is -2.20. The molecule has 0 unspecified atom stereocenters. The van der Waals surface area contributed by atoms with E-state index in [-0.39, 0.29) is 17.2 Å². The van der Waals surface area contributed by atoms with Crippen molar-refractivity contribution >= 4 is 105 Å². The second-order valence-corrected chi connectivity index (χ2v) is 16.3.